The van der Waals surface area contributed by atoms with Crippen molar-refractivity contribution < 1.29 is 24.7 Å². The summed E-state index contributed by atoms with van der Waals surface area (Å²) in [5, 5.41) is 0. The van der Waals surface area contributed by atoms with Gasteiger partial charge in [0.05, 0.1) is 0 Å². The Hall–Kier alpha value is 1.28. The second kappa shape index (κ2) is 22.0. The topological polar surface area (TPSA) is 55.4 Å². The summed E-state index contributed by atoms with van der Waals surface area (Å²) in [6.07, 6.45) is 38.3. The molecule has 0 radical (unpaired) electrons. The van der Waals surface area contributed by atoms with Crippen molar-refractivity contribution in [2.75, 3.05) is 0 Å². The van der Waals surface area contributed by atoms with E-state index in [1.807, 2.05) is 0 Å². The second-order valence-electron chi connectivity index (χ2n) is 17.6. The summed E-state index contributed by atoms with van der Waals surface area (Å²) in [7, 11) is -14.4. The fraction of sp³-hybridized carbons (Fsp3) is 1.00. The summed E-state index contributed by atoms with van der Waals surface area (Å²) in [6, 6.07) is 0. The average molecular weight is 806 g/mol. The maximum atomic E-state index is 8.07. The molecule has 0 aromatic carbocycles. The van der Waals surface area contributed by atoms with Gasteiger partial charge in [0.1, 0.15) is 7.59 Å². The molecule has 0 N–H and O–H groups in total. The van der Waals surface area contributed by atoms with Crippen molar-refractivity contribution in [3.63, 3.8) is 0 Å². The first-order valence-corrected chi connectivity index (χ1v) is 37.1. The van der Waals surface area contributed by atoms with Crippen LogP contribution in [-0.4, -0.2) is 62.1 Å². The monoisotopic (exact) mass is 804 g/mol. The zero-order valence-electron chi connectivity index (χ0n) is 33.3. The van der Waals surface area contributed by atoms with Gasteiger partial charge in [-0.25, -0.2) is 0 Å². The summed E-state index contributed by atoms with van der Waals surface area (Å²) in [4.78, 5) is 0. The average Bonchev–Trinajstić information content (AvgIpc) is 3.04. The second-order valence-corrected chi connectivity index (χ2v) is 43.0. The predicted octanol–water partition coefficient (Wildman–Crippen LogP) is 10.6. The van der Waals surface area contributed by atoms with Gasteiger partial charge in [0.2, 0.25) is 0 Å². The molecule has 2 atom stereocenters. The lowest BCUT2D eigenvalue weighted by Crippen LogP contribution is -2.75. The Kier molecular flexibility index (Phi) is 19.3. The Balaban J connectivity index is 1.92. The molecule has 3 saturated carbocycles. The van der Waals surface area contributed by atoms with E-state index in [1.54, 1.807) is 0 Å². The van der Waals surface area contributed by atoms with E-state index in [4.69, 9.17) is 24.7 Å². The van der Waals surface area contributed by atoms with E-state index in [1.165, 1.54) is 173 Å². The fourth-order valence-corrected chi connectivity index (χ4v) is 55.7. The van der Waals surface area contributed by atoms with Crippen LogP contribution in [0, 0.1) is 0 Å². The summed E-state index contributed by atoms with van der Waals surface area (Å²) >= 11 is 0. The zero-order chi connectivity index (χ0) is 35.1. The van der Waals surface area contributed by atoms with Crippen LogP contribution in [-0.2, 0) is 24.7 Å². The summed E-state index contributed by atoms with van der Waals surface area (Å²) in [6.45, 7) is 14.0. The third-order valence-electron chi connectivity index (χ3n) is 12.8. The van der Waals surface area contributed by atoms with E-state index in [9.17, 15) is 0 Å². The van der Waals surface area contributed by atoms with Crippen LogP contribution in [0.5, 0.6) is 0 Å². The molecule has 1 aliphatic heterocycles. The molecule has 0 aromatic rings. The van der Waals surface area contributed by atoms with Crippen LogP contribution >= 0.6 is 0 Å². The minimum absolute atomic E-state index is 0.803. The van der Waals surface area contributed by atoms with Crippen LogP contribution in [0.15, 0.2) is 0 Å². The molecule has 49 heavy (non-hydrogen) atoms. The zero-order valence-corrected chi connectivity index (χ0v) is 41.2. The lowest BCUT2D eigenvalue weighted by molar-refractivity contribution is 0.276. The Labute approximate surface area is 314 Å². The third-order valence-corrected chi connectivity index (χ3v) is 48.3. The van der Waals surface area contributed by atoms with Gasteiger partial charge in [-0.1, -0.05) is 173 Å². The lowest BCUT2D eigenvalue weighted by Gasteiger charge is -2.59. The van der Waals surface area contributed by atoms with Crippen molar-refractivity contribution in [1.82, 2.24) is 0 Å². The van der Waals surface area contributed by atoms with Crippen LogP contribution < -0.4 is 0 Å². The minimum atomic E-state index is -2.82. The van der Waals surface area contributed by atoms with Crippen LogP contribution in [0.4, 0.5) is 0 Å². The Morgan fingerprint density at radius 3 is 1.18 bits per heavy atom. The summed E-state index contributed by atoms with van der Waals surface area (Å²) < 4.78 is 42.6. The molecule has 0 aromatic heterocycles. The third kappa shape index (κ3) is 13.5. The Bertz CT molecular complexity index is 823. The molecule has 3 aliphatic carbocycles. The summed E-state index contributed by atoms with van der Waals surface area (Å²) in [5.74, 6) is 0. The molecule has 0 spiro atoms. The van der Waals surface area contributed by atoms with E-state index in [-0.39, 0.29) is 0 Å². The Morgan fingerprint density at radius 2 is 0.816 bits per heavy atom. The molecule has 13 heteroatoms. The van der Waals surface area contributed by atoms with E-state index in [0.717, 1.165) is 16.6 Å². The first-order chi connectivity index (χ1) is 23.6. The fourth-order valence-electron chi connectivity index (χ4n) is 11.1. The molecule has 4 rings (SSSR count). The molecule has 4 fully saturated rings. The van der Waals surface area contributed by atoms with Crippen molar-refractivity contribution in [3.8, 4) is 0 Å². The molecule has 288 valence electrons. The van der Waals surface area contributed by atoms with Crippen LogP contribution in [0.25, 0.3) is 0 Å². The van der Waals surface area contributed by atoms with Crippen LogP contribution in [0.2, 0.25) is 55.9 Å². The first-order valence-electron chi connectivity index (χ1n) is 21.5. The van der Waals surface area contributed by atoms with Gasteiger partial charge >= 0.3 is 17.1 Å². The van der Waals surface area contributed by atoms with Crippen molar-refractivity contribution in [3.05, 3.63) is 0 Å². The maximum absolute atomic E-state index is 8.07. The van der Waals surface area contributed by atoms with Gasteiger partial charge in [-0.3, -0.25) is 0 Å². The van der Waals surface area contributed by atoms with Crippen molar-refractivity contribution >= 4 is 62.1 Å². The highest BCUT2D eigenvalue weighted by Gasteiger charge is 2.67. The highest BCUT2D eigenvalue weighted by molar-refractivity contribution is 7.40. The van der Waals surface area contributed by atoms with E-state index in [2.05, 4.69) is 39.3 Å². The number of rotatable bonds is 4. The predicted molar refractivity (Wildman–Crippen MR) is 225 cm³/mol. The van der Waals surface area contributed by atoms with Gasteiger partial charge in [0, 0.05) is 0 Å². The number of hydrogen-bond acceptors (Lipinski definition) is 6. The van der Waals surface area contributed by atoms with Gasteiger partial charge in [-0.2, -0.15) is 0 Å². The molecular formula is C36H80O6Si7. The molecular weight excluding hydrogens is 725 g/mol. The van der Waals surface area contributed by atoms with Gasteiger partial charge in [0.15, 0.2) is 0 Å². The molecule has 0 bridgehead atoms. The minimum Gasteiger partial charge on any atom is -0.425 e. The van der Waals surface area contributed by atoms with Crippen molar-refractivity contribution in [2.24, 2.45) is 0 Å². The maximum Gasteiger partial charge on any atom is 0.313 e. The van der Waals surface area contributed by atoms with Gasteiger partial charge < -0.3 is 24.7 Å². The van der Waals surface area contributed by atoms with E-state index >= 15 is 0 Å². The smallest absolute Gasteiger partial charge is 0.313 e. The standard InChI is InChI=1S/C36H80O6Si7/c1-45-38-43-37-44-39-48(6,42-47(4,5)41-46(2,3)40-45)49(34-28-22-16-10-7-11-17-23-29-34,35-30-24-18-12-8-13-19-25-31-35)36-32-26-20-14-9-15-21-27-33-36/h34-36,45H,7-33,43-44H2,1-6H3. The SMILES string of the molecule is C[SiH]1O[SiH2]O[SiH2]O[Si](C)([Si](C2CCCCCCCCC2)(C2CCCCCCCCC2)C2CCCCCCCCC2)O[Si](C)(C)O[Si](C)(C)O1. The van der Waals surface area contributed by atoms with E-state index in [0.29, 0.717) is 0 Å². The number of hydrogen-bond donors (Lipinski definition) is 0. The molecule has 4 aliphatic rings. The molecule has 6 nitrogen and oxygen atoms in total. The van der Waals surface area contributed by atoms with Crippen molar-refractivity contribution in [2.45, 2.75) is 229 Å². The molecule has 0 amide bonds. The quantitative estimate of drug-likeness (QED) is 0.264. The summed E-state index contributed by atoms with van der Waals surface area (Å²) in [5.41, 5.74) is 2.41. The highest BCUT2D eigenvalue weighted by Crippen LogP contribution is 2.59. The molecule has 1 saturated heterocycles. The van der Waals surface area contributed by atoms with Crippen molar-refractivity contribution in [1.29, 1.82) is 0 Å². The highest BCUT2D eigenvalue weighted by atomic mass is 29.3. The van der Waals surface area contributed by atoms with E-state index < -0.39 is 62.1 Å². The van der Waals surface area contributed by atoms with Crippen LogP contribution in [0.1, 0.15) is 173 Å². The normalized spacial score (nSPS) is 32.8. The van der Waals surface area contributed by atoms with Gasteiger partial charge in [0.25, 0.3) is 37.4 Å². The lowest BCUT2D eigenvalue weighted by atomic mass is 9.99. The van der Waals surface area contributed by atoms with Crippen LogP contribution in [0.3, 0.4) is 0 Å². The molecule has 2 unspecified atom stereocenters. The largest absolute Gasteiger partial charge is 0.425 e. The first kappa shape index (κ1) is 43.0. The van der Waals surface area contributed by atoms with Gasteiger partial charge in [-0.05, 0) is 55.9 Å². The Morgan fingerprint density at radius 1 is 0.469 bits per heavy atom. The van der Waals surface area contributed by atoms with Gasteiger partial charge in [-0.15, -0.1) is 0 Å². The molecule has 1 heterocycles.